The molecule has 2 amide bonds. The lowest BCUT2D eigenvalue weighted by molar-refractivity contribution is -0.137. The fourth-order valence-corrected chi connectivity index (χ4v) is 3.40. The van der Waals surface area contributed by atoms with Crippen LogP contribution in [-0.2, 0) is 12.5 Å². The first-order valence-corrected chi connectivity index (χ1v) is 10.7. The molecule has 11 heteroatoms. The smallest absolute Gasteiger partial charge is 0.321 e. The Bertz CT molecular complexity index is 1270. The van der Waals surface area contributed by atoms with Crippen molar-refractivity contribution < 1.29 is 22.8 Å². The van der Waals surface area contributed by atoms with Crippen LogP contribution in [-0.4, -0.2) is 25.9 Å². The van der Waals surface area contributed by atoms with E-state index >= 15 is 0 Å². The number of hydrogen-bond acceptors (Lipinski definition) is 3. The summed E-state index contributed by atoms with van der Waals surface area (Å²) in [6.45, 7) is 0. The lowest BCUT2D eigenvalue weighted by atomic mass is 9.95. The zero-order valence-electron chi connectivity index (χ0n) is 17.7. The van der Waals surface area contributed by atoms with Crippen LogP contribution >= 0.6 is 23.2 Å². The van der Waals surface area contributed by atoms with Crippen molar-refractivity contribution in [1.82, 2.24) is 5.43 Å². The number of amides is 2. The second-order valence-corrected chi connectivity index (χ2v) is 7.98. The number of carbonyl (C=O) groups excluding carboxylic acids is 2. The molecule has 0 aliphatic heterocycles. The van der Waals surface area contributed by atoms with Gasteiger partial charge in [0, 0.05) is 10.6 Å². The number of rotatable bonds is 6. The lowest BCUT2D eigenvalue weighted by Gasteiger charge is -2.11. The molecule has 0 heterocycles. The van der Waals surface area contributed by atoms with Crippen LogP contribution in [0.3, 0.4) is 0 Å². The third-order valence-electron chi connectivity index (χ3n) is 4.75. The normalized spacial score (nSPS) is 11.4. The first kappa shape index (κ1) is 25.3. The number of hydrogen-bond donors (Lipinski definition) is 2. The highest BCUT2D eigenvalue weighted by atomic mass is 35.5. The lowest BCUT2D eigenvalue weighted by Crippen LogP contribution is -2.21. The number of alkyl halides is 3. The van der Waals surface area contributed by atoms with Crippen LogP contribution in [0.2, 0.25) is 10.0 Å². The van der Waals surface area contributed by atoms with Crippen molar-refractivity contribution in [2.45, 2.75) is 12.5 Å². The quantitative estimate of drug-likeness (QED) is 0.276. The summed E-state index contributed by atoms with van der Waals surface area (Å²) in [4.78, 5) is 25.3. The fourth-order valence-electron chi connectivity index (χ4n) is 3.01. The molecule has 174 valence electrons. The Morgan fingerprint density at radius 3 is 2.47 bits per heavy atom. The average Bonchev–Trinajstić information content (AvgIpc) is 2.80. The summed E-state index contributed by atoms with van der Waals surface area (Å²) in [7, 11) is 1.97. The molecule has 0 saturated carbocycles. The van der Waals surface area contributed by atoms with Crippen LogP contribution in [0.4, 0.5) is 18.9 Å². The molecular weight excluding hydrogens is 489 g/mol. The molecule has 0 spiro atoms. The van der Waals surface area contributed by atoms with E-state index in [9.17, 15) is 22.8 Å². The Hall–Kier alpha value is -3.30. The SMILES string of the molecule is BCc1cccc(C(=O)Nc2ccc(Cl)cc2C(=O)N/N=C/c2ccc(Cl)c(C(F)(F)F)c2)c1. The van der Waals surface area contributed by atoms with Crippen LogP contribution in [0.15, 0.2) is 65.8 Å². The summed E-state index contributed by atoms with van der Waals surface area (Å²) in [6, 6.07) is 14.6. The van der Waals surface area contributed by atoms with Gasteiger partial charge in [0.2, 0.25) is 0 Å². The van der Waals surface area contributed by atoms with E-state index in [4.69, 9.17) is 23.2 Å². The fraction of sp³-hybridized carbons (Fsp3) is 0.0870. The van der Waals surface area contributed by atoms with Gasteiger partial charge in [-0.05, 0) is 48.0 Å². The van der Waals surface area contributed by atoms with E-state index in [1.54, 1.807) is 18.2 Å². The number of halogens is 5. The van der Waals surface area contributed by atoms with Gasteiger partial charge in [0.25, 0.3) is 11.8 Å². The monoisotopic (exact) mass is 505 g/mol. The third kappa shape index (κ3) is 6.39. The maximum absolute atomic E-state index is 13.0. The van der Waals surface area contributed by atoms with Gasteiger partial charge in [0.05, 0.1) is 28.1 Å². The largest absolute Gasteiger partial charge is 0.417 e. The Balaban J connectivity index is 1.78. The van der Waals surface area contributed by atoms with Crippen molar-refractivity contribution >= 4 is 54.8 Å². The summed E-state index contributed by atoms with van der Waals surface area (Å²) < 4.78 is 39.0. The molecule has 3 aromatic carbocycles. The molecule has 0 aliphatic carbocycles. The van der Waals surface area contributed by atoms with Crippen LogP contribution in [0, 0.1) is 0 Å². The minimum atomic E-state index is -4.63. The Morgan fingerprint density at radius 2 is 1.76 bits per heavy atom. The maximum Gasteiger partial charge on any atom is 0.417 e. The van der Waals surface area contributed by atoms with Gasteiger partial charge in [-0.2, -0.15) is 18.3 Å². The predicted octanol–water partition coefficient (Wildman–Crippen LogP) is 5.16. The molecule has 3 rings (SSSR count). The van der Waals surface area contributed by atoms with Crippen molar-refractivity contribution in [3.63, 3.8) is 0 Å². The molecule has 2 N–H and O–H groups in total. The summed E-state index contributed by atoms with van der Waals surface area (Å²) in [5.74, 6) is -1.14. The van der Waals surface area contributed by atoms with Gasteiger partial charge >= 0.3 is 6.18 Å². The van der Waals surface area contributed by atoms with E-state index in [1.165, 1.54) is 24.3 Å². The van der Waals surface area contributed by atoms with Crippen molar-refractivity contribution in [2.24, 2.45) is 5.10 Å². The molecule has 0 fully saturated rings. The standard InChI is InChI=1S/C23H17BCl2F3N3O2/c24-11-13-2-1-3-15(8-13)21(33)31-20-7-5-16(25)10-17(20)22(34)32-30-12-14-4-6-19(26)18(9-14)23(27,28)29/h1-10,12H,11,24H2,(H,31,33)(H,32,34)/b30-12+. The van der Waals surface area contributed by atoms with E-state index in [2.05, 4.69) is 15.8 Å². The number of hydrazone groups is 1. The Morgan fingerprint density at radius 1 is 1.00 bits per heavy atom. The van der Waals surface area contributed by atoms with Crippen LogP contribution in [0.25, 0.3) is 0 Å². The van der Waals surface area contributed by atoms with E-state index in [0.29, 0.717) is 5.56 Å². The first-order chi connectivity index (χ1) is 16.1. The van der Waals surface area contributed by atoms with Gasteiger partial charge in [-0.1, -0.05) is 53.3 Å². The summed E-state index contributed by atoms with van der Waals surface area (Å²) in [5.41, 5.74) is 2.90. The summed E-state index contributed by atoms with van der Waals surface area (Å²) in [6.07, 6.45) is -2.83. The van der Waals surface area contributed by atoms with Crippen molar-refractivity contribution in [1.29, 1.82) is 0 Å². The van der Waals surface area contributed by atoms with Gasteiger partial charge in [0.1, 0.15) is 7.85 Å². The number of benzene rings is 3. The highest BCUT2D eigenvalue weighted by Crippen LogP contribution is 2.34. The molecule has 3 aromatic rings. The second kappa shape index (κ2) is 10.8. The summed E-state index contributed by atoms with van der Waals surface area (Å²) >= 11 is 11.6. The number of anilines is 1. The number of carbonyl (C=O) groups is 2. The van der Waals surface area contributed by atoms with Gasteiger partial charge in [-0.3, -0.25) is 9.59 Å². The van der Waals surface area contributed by atoms with E-state index in [0.717, 1.165) is 30.2 Å². The molecule has 0 bridgehead atoms. The second-order valence-electron chi connectivity index (χ2n) is 7.13. The highest BCUT2D eigenvalue weighted by Gasteiger charge is 2.33. The zero-order chi connectivity index (χ0) is 24.9. The molecule has 0 aromatic heterocycles. The van der Waals surface area contributed by atoms with Crippen LogP contribution in [0.5, 0.6) is 0 Å². The molecule has 0 aliphatic rings. The Labute approximate surface area is 204 Å². The molecule has 0 unspecified atom stereocenters. The molecular formula is C23H17BCl2F3N3O2. The highest BCUT2D eigenvalue weighted by molar-refractivity contribution is 6.31. The minimum Gasteiger partial charge on any atom is -0.321 e. The van der Waals surface area contributed by atoms with Crippen molar-refractivity contribution in [3.8, 4) is 0 Å². The summed E-state index contributed by atoms with van der Waals surface area (Å²) in [5, 5.41) is 6.18. The van der Waals surface area contributed by atoms with Gasteiger partial charge < -0.3 is 5.32 Å². The van der Waals surface area contributed by atoms with Crippen molar-refractivity contribution in [3.05, 3.63) is 98.5 Å². The number of nitrogens with zero attached hydrogens (tertiary/aromatic N) is 1. The topological polar surface area (TPSA) is 70.6 Å². The van der Waals surface area contributed by atoms with Crippen LogP contribution in [0.1, 0.15) is 37.4 Å². The third-order valence-corrected chi connectivity index (χ3v) is 5.31. The van der Waals surface area contributed by atoms with Crippen molar-refractivity contribution in [2.75, 3.05) is 5.32 Å². The average molecular weight is 506 g/mol. The maximum atomic E-state index is 13.0. The van der Waals surface area contributed by atoms with E-state index in [-0.39, 0.29) is 21.8 Å². The van der Waals surface area contributed by atoms with Gasteiger partial charge in [-0.25, -0.2) is 5.43 Å². The molecule has 34 heavy (non-hydrogen) atoms. The minimum absolute atomic E-state index is 0.0248. The molecule has 0 atom stereocenters. The molecule has 5 nitrogen and oxygen atoms in total. The van der Waals surface area contributed by atoms with E-state index < -0.39 is 28.6 Å². The number of nitrogens with one attached hydrogen (secondary N) is 2. The Kier molecular flexibility index (Phi) is 8.01. The molecule has 0 radical (unpaired) electrons. The first-order valence-electron chi connectivity index (χ1n) is 9.98. The molecule has 0 saturated heterocycles. The van der Waals surface area contributed by atoms with Crippen LogP contribution < -0.4 is 10.7 Å². The predicted molar refractivity (Wildman–Crippen MR) is 130 cm³/mol. The zero-order valence-corrected chi connectivity index (χ0v) is 19.2. The van der Waals surface area contributed by atoms with Gasteiger partial charge in [0.15, 0.2) is 0 Å². The van der Waals surface area contributed by atoms with E-state index in [1.807, 2.05) is 13.9 Å². The van der Waals surface area contributed by atoms with Gasteiger partial charge in [-0.15, -0.1) is 0 Å².